The summed E-state index contributed by atoms with van der Waals surface area (Å²) in [6.45, 7) is 6.58. The Kier molecular flexibility index (Phi) is 4.26. The second-order valence-corrected chi connectivity index (χ2v) is 9.66. The van der Waals surface area contributed by atoms with Gasteiger partial charge >= 0.3 is 0 Å². The smallest absolute Gasteiger partial charge is 0.269 e. The standard InChI is InChI=1S/C31H29N3O/c1-19(2)22-10-8-11-23(20(3)4)29(22)34-18-33(26-13-6-7-14-27(26)34)28-15-9-12-24-25-17-16-21(5)32-31(25)35-30(24)28/h6-17,19-20H,1-5H3/i5D3. The van der Waals surface area contributed by atoms with E-state index in [4.69, 9.17) is 8.53 Å². The maximum atomic E-state index is 7.75. The van der Waals surface area contributed by atoms with Crippen molar-refractivity contribution in [2.45, 2.75) is 46.4 Å². The molecule has 0 radical (unpaired) electrons. The molecule has 0 atom stereocenters. The van der Waals surface area contributed by atoms with Gasteiger partial charge < -0.3 is 4.42 Å². The van der Waals surface area contributed by atoms with E-state index >= 15 is 0 Å². The van der Waals surface area contributed by atoms with Crippen LogP contribution in [0.25, 0.3) is 44.5 Å². The summed E-state index contributed by atoms with van der Waals surface area (Å²) < 4.78 is 33.7. The molecule has 0 bridgehead atoms. The molecular weight excluding hydrogens is 430 g/mol. The molecule has 0 saturated heterocycles. The van der Waals surface area contributed by atoms with Gasteiger partial charge in [0.2, 0.25) is 5.71 Å². The molecule has 6 rings (SSSR count). The number of rotatable bonds is 4. The summed E-state index contributed by atoms with van der Waals surface area (Å²) in [6, 6.07) is 24.1. The normalized spacial score (nSPS) is 13.7. The van der Waals surface area contributed by atoms with Gasteiger partial charge in [0.1, 0.15) is 5.69 Å². The van der Waals surface area contributed by atoms with Gasteiger partial charge in [-0.3, -0.25) is 9.13 Å². The third-order valence-corrected chi connectivity index (χ3v) is 6.71. The van der Waals surface area contributed by atoms with Crippen LogP contribution in [0.4, 0.5) is 0 Å². The van der Waals surface area contributed by atoms with E-state index in [0.717, 1.165) is 33.2 Å². The van der Waals surface area contributed by atoms with E-state index in [1.807, 2.05) is 34.9 Å². The van der Waals surface area contributed by atoms with E-state index in [0.29, 0.717) is 23.1 Å². The van der Waals surface area contributed by atoms with E-state index in [1.165, 1.54) is 11.1 Å². The van der Waals surface area contributed by atoms with Crippen molar-refractivity contribution in [1.82, 2.24) is 9.55 Å². The molecule has 0 aliphatic rings. The number of nitrogens with zero attached hydrogens (tertiary/aromatic N) is 3. The molecule has 0 aliphatic heterocycles. The summed E-state index contributed by atoms with van der Waals surface area (Å²) in [6.07, 6.45) is 3.65. The number of hydrogen-bond donors (Lipinski definition) is 0. The van der Waals surface area contributed by atoms with Crippen LogP contribution in [0.2, 0.25) is 0 Å². The zero-order valence-corrected chi connectivity index (χ0v) is 20.3. The van der Waals surface area contributed by atoms with E-state index in [9.17, 15) is 0 Å². The third kappa shape index (κ3) is 3.35. The molecule has 3 aromatic carbocycles. The van der Waals surface area contributed by atoms with Crippen molar-refractivity contribution in [2.75, 3.05) is 0 Å². The van der Waals surface area contributed by atoms with Crippen LogP contribution < -0.4 is 4.57 Å². The van der Waals surface area contributed by atoms with Crippen molar-refractivity contribution in [3.63, 3.8) is 0 Å². The lowest BCUT2D eigenvalue weighted by atomic mass is 9.92. The highest BCUT2D eigenvalue weighted by Crippen LogP contribution is 2.34. The maximum Gasteiger partial charge on any atom is 0.269 e. The average molecular weight is 463 g/mol. The van der Waals surface area contributed by atoms with Crippen LogP contribution in [-0.4, -0.2) is 9.55 Å². The van der Waals surface area contributed by atoms with Crippen molar-refractivity contribution in [2.24, 2.45) is 0 Å². The quantitative estimate of drug-likeness (QED) is 0.200. The number of aryl methyl sites for hydroxylation is 1. The van der Waals surface area contributed by atoms with Crippen LogP contribution in [0.15, 0.2) is 77.2 Å². The van der Waals surface area contributed by atoms with Crippen LogP contribution in [0, 0.1) is 13.2 Å². The molecule has 35 heavy (non-hydrogen) atoms. The Morgan fingerprint density at radius 2 is 1.60 bits per heavy atom. The molecule has 3 heterocycles. The third-order valence-electron chi connectivity index (χ3n) is 6.71. The topological polar surface area (TPSA) is 34.8 Å². The lowest BCUT2D eigenvalue weighted by Crippen LogP contribution is -2.29. The van der Waals surface area contributed by atoms with Gasteiger partial charge in [-0.05, 0) is 48.0 Å². The summed E-state index contributed by atoms with van der Waals surface area (Å²) in [5.74, 6) is 0.674. The Morgan fingerprint density at radius 3 is 2.34 bits per heavy atom. The fourth-order valence-electron chi connectivity index (χ4n) is 5.01. The van der Waals surface area contributed by atoms with Gasteiger partial charge in [0.05, 0.1) is 16.7 Å². The van der Waals surface area contributed by atoms with Crippen LogP contribution in [0.5, 0.6) is 0 Å². The highest BCUT2D eigenvalue weighted by atomic mass is 16.3. The Morgan fingerprint density at radius 1 is 0.857 bits per heavy atom. The minimum Gasteiger partial charge on any atom is -0.441 e. The molecule has 4 nitrogen and oxygen atoms in total. The molecule has 0 N–H and O–H groups in total. The van der Waals surface area contributed by atoms with Gasteiger partial charge in [0, 0.05) is 20.6 Å². The number of fused-ring (bicyclic) bond motifs is 4. The largest absolute Gasteiger partial charge is 0.441 e. The number of hydrogen-bond acceptors (Lipinski definition) is 2. The first-order chi connectivity index (χ1) is 18.1. The maximum absolute atomic E-state index is 7.75. The Hall–Kier alpha value is -3.92. The van der Waals surface area contributed by atoms with Crippen molar-refractivity contribution in [3.05, 3.63) is 95.9 Å². The van der Waals surface area contributed by atoms with E-state index in [1.54, 1.807) is 12.1 Å². The Labute approximate surface area is 209 Å². The lowest BCUT2D eigenvalue weighted by molar-refractivity contribution is -0.571. The monoisotopic (exact) mass is 462 g/mol. The van der Waals surface area contributed by atoms with Crippen LogP contribution in [0.3, 0.4) is 0 Å². The molecule has 0 aliphatic carbocycles. The lowest BCUT2D eigenvalue weighted by Gasteiger charge is -2.20. The molecule has 6 aromatic rings. The van der Waals surface area contributed by atoms with E-state index < -0.39 is 6.85 Å². The number of furan rings is 1. The molecule has 0 fully saturated rings. The molecule has 0 amide bonds. The van der Waals surface area contributed by atoms with Gasteiger partial charge in [-0.25, -0.2) is 4.98 Å². The van der Waals surface area contributed by atoms with Crippen molar-refractivity contribution in [3.8, 4) is 11.4 Å². The predicted molar refractivity (Wildman–Crippen MR) is 142 cm³/mol. The zero-order valence-electron chi connectivity index (χ0n) is 23.3. The first-order valence-electron chi connectivity index (χ1n) is 13.6. The second kappa shape index (κ2) is 8.09. The van der Waals surface area contributed by atoms with Gasteiger partial charge in [-0.15, -0.1) is 0 Å². The molecule has 0 saturated carbocycles. The summed E-state index contributed by atoms with van der Waals surface area (Å²) in [5.41, 5.74) is 7.52. The number of benzene rings is 3. The summed E-state index contributed by atoms with van der Waals surface area (Å²) >= 11 is 0. The second-order valence-electron chi connectivity index (χ2n) is 9.66. The minimum absolute atomic E-state index is 0.0212. The average Bonchev–Trinajstić information content (AvgIpc) is 3.46. The fraction of sp³-hybridized carbons (Fsp3) is 0.226. The predicted octanol–water partition coefficient (Wildman–Crippen LogP) is 7.56. The summed E-state index contributed by atoms with van der Waals surface area (Å²) in [5, 5.41) is 1.66. The molecule has 4 heteroatoms. The van der Waals surface area contributed by atoms with E-state index in [2.05, 4.69) is 73.9 Å². The van der Waals surface area contributed by atoms with E-state index in [-0.39, 0.29) is 5.69 Å². The van der Waals surface area contributed by atoms with Gasteiger partial charge in [-0.1, -0.05) is 82.3 Å². The fourth-order valence-corrected chi connectivity index (χ4v) is 5.01. The van der Waals surface area contributed by atoms with Crippen molar-refractivity contribution < 1.29 is 13.1 Å². The first-order valence-corrected chi connectivity index (χ1v) is 12.1. The van der Waals surface area contributed by atoms with Gasteiger partial charge in [0.15, 0.2) is 5.58 Å². The van der Waals surface area contributed by atoms with Crippen molar-refractivity contribution in [1.29, 1.82) is 0 Å². The Balaban J connectivity index is 1.65. The van der Waals surface area contributed by atoms with Gasteiger partial charge in [-0.2, -0.15) is 0 Å². The highest BCUT2D eigenvalue weighted by molar-refractivity contribution is 6.05. The van der Waals surface area contributed by atoms with Gasteiger partial charge in [0.25, 0.3) is 6.33 Å². The number of aromatic nitrogens is 3. The highest BCUT2D eigenvalue weighted by Gasteiger charge is 2.21. The minimum atomic E-state index is -2.30. The Bertz CT molecular complexity index is 1800. The summed E-state index contributed by atoms with van der Waals surface area (Å²) in [7, 11) is 0. The van der Waals surface area contributed by atoms with Crippen molar-refractivity contribution >= 4 is 33.1 Å². The molecule has 0 spiro atoms. The molecular formula is C31H29N3O. The molecule has 0 unspecified atom stereocenters. The summed E-state index contributed by atoms with van der Waals surface area (Å²) in [4.78, 5) is 4.34. The SMILES string of the molecule is [2H]C([2H])([2H])c1ccc2c(n1)oc1c(-[n+]3[c-]n(-c4c(C(C)C)cccc4C(C)C)c4ccccc43)cccc12. The van der Waals surface area contributed by atoms with Crippen LogP contribution >= 0.6 is 0 Å². The number of para-hydroxylation sites is 4. The van der Waals surface area contributed by atoms with Crippen LogP contribution in [0.1, 0.15) is 60.5 Å². The molecule has 3 aromatic heterocycles. The first kappa shape index (κ1) is 18.4. The number of pyridine rings is 1. The number of imidazole rings is 1. The van der Waals surface area contributed by atoms with Crippen LogP contribution in [-0.2, 0) is 0 Å². The molecule has 174 valence electrons. The zero-order chi connectivity index (χ0) is 26.8.